The lowest BCUT2D eigenvalue weighted by Gasteiger charge is -2.36. The molecular weight excluding hydrogens is 368 g/mol. The zero-order valence-electron chi connectivity index (χ0n) is 13.7. The van der Waals surface area contributed by atoms with E-state index in [1.54, 1.807) is 7.11 Å². The van der Waals surface area contributed by atoms with Gasteiger partial charge in [0.2, 0.25) is 5.91 Å². The monoisotopic (exact) mass is 388 g/mol. The number of halogens is 1. The van der Waals surface area contributed by atoms with Crippen molar-refractivity contribution in [2.75, 3.05) is 38.2 Å². The van der Waals surface area contributed by atoms with Crippen LogP contribution in [0.25, 0.3) is 0 Å². The molecule has 1 amide bonds. The number of hydrogen-bond acceptors (Lipinski definition) is 3. The summed E-state index contributed by atoms with van der Waals surface area (Å²) in [5.41, 5.74) is 2.19. The summed E-state index contributed by atoms with van der Waals surface area (Å²) in [4.78, 5) is 16.7. The second-order valence-electron chi connectivity index (χ2n) is 5.88. The third-order valence-electron chi connectivity index (χ3n) is 4.30. The zero-order chi connectivity index (χ0) is 16.9. The van der Waals surface area contributed by atoms with Crippen LogP contribution in [0.2, 0.25) is 0 Å². The fourth-order valence-electron chi connectivity index (χ4n) is 2.95. The van der Waals surface area contributed by atoms with E-state index in [9.17, 15) is 4.79 Å². The molecule has 0 spiro atoms. The third kappa shape index (κ3) is 4.09. The summed E-state index contributed by atoms with van der Waals surface area (Å²) in [6, 6.07) is 16.0. The lowest BCUT2D eigenvalue weighted by molar-refractivity contribution is -0.130. The van der Waals surface area contributed by atoms with Crippen LogP contribution in [0.15, 0.2) is 53.0 Å². The highest BCUT2D eigenvalue weighted by Gasteiger charge is 2.21. The van der Waals surface area contributed by atoms with Crippen molar-refractivity contribution in [1.29, 1.82) is 0 Å². The first-order valence-corrected chi connectivity index (χ1v) is 8.86. The Hall–Kier alpha value is -2.01. The fourth-order valence-corrected chi connectivity index (χ4v) is 3.40. The van der Waals surface area contributed by atoms with E-state index < -0.39 is 0 Å². The number of piperazine rings is 1. The Balaban J connectivity index is 1.57. The van der Waals surface area contributed by atoms with Gasteiger partial charge in [-0.2, -0.15) is 0 Å². The molecule has 5 heteroatoms. The summed E-state index contributed by atoms with van der Waals surface area (Å²) >= 11 is 3.45. The predicted molar refractivity (Wildman–Crippen MR) is 99.6 cm³/mol. The van der Waals surface area contributed by atoms with E-state index in [1.807, 2.05) is 47.4 Å². The largest absolute Gasteiger partial charge is 0.497 e. The molecule has 0 bridgehead atoms. The number of rotatable bonds is 4. The van der Waals surface area contributed by atoms with Crippen LogP contribution in [-0.4, -0.2) is 44.1 Å². The van der Waals surface area contributed by atoms with Crippen molar-refractivity contribution in [2.24, 2.45) is 0 Å². The molecule has 2 aromatic rings. The van der Waals surface area contributed by atoms with Crippen molar-refractivity contribution in [1.82, 2.24) is 4.90 Å². The van der Waals surface area contributed by atoms with Gasteiger partial charge in [0, 0.05) is 42.4 Å². The highest BCUT2D eigenvalue weighted by Crippen LogP contribution is 2.22. The van der Waals surface area contributed by atoms with Crippen LogP contribution in [0.5, 0.6) is 5.75 Å². The molecule has 24 heavy (non-hydrogen) atoms. The standard InChI is InChI=1S/C19H21BrN2O2/c1-24-18-7-3-6-17(14-18)21-8-10-22(11-9-21)19(23)13-15-4-2-5-16(20)12-15/h2-7,12,14H,8-11,13H2,1H3. The first-order valence-electron chi connectivity index (χ1n) is 8.07. The van der Waals surface area contributed by atoms with Crippen molar-refractivity contribution < 1.29 is 9.53 Å². The van der Waals surface area contributed by atoms with Crippen molar-refractivity contribution in [3.8, 4) is 5.75 Å². The topological polar surface area (TPSA) is 32.8 Å². The SMILES string of the molecule is COc1cccc(N2CCN(C(=O)Cc3cccc(Br)c3)CC2)c1. The number of benzene rings is 2. The first-order chi connectivity index (χ1) is 11.7. The maximum absolute atomic E-state index is 12.5. The molecule has 3 rings (SSSR count). The Bertz CT molecular complexity index is 712. The van der Waals surface area contributed by atoms with Crippen LogP contribution >= 0.6 is 15.9 Å². The highest BCUT2D eigenvalue weighted by molar-refractivity contribution is 9.10. The molecule has 0 N–H and O–H groups in total. The molecule has 1 heterocycles. The molecule has 2 aromatic carbocycles. The summed E-state index contributed by atoms with van der Waals surface area (Å²) in [5.74, 6) is 1.05. The molecule has 0 saturated carbocycles. The van der Waals surface area contributed by atoms with Crippen LogP contribution in [0.4, 0.5) is 5.69 Å². The number of nitrogens with zero attached hydrogens (tertiary/aromatic N) is 2. The summed E-state index contributed by atoms with van der Waals surface area (Å²) in [7, 11) is 1.68. The quantitative estimate of drug-likeness (QED) is 0.804. The van der Waals surface area contributed by atoms with E-state index in [0.717, 1.165) is 47.7 Å². The smallest absolute Gasteiger partial charge is 0.227 e. The average molecular weight is 389 g/mol. The Labute approximate surface area is 151 Å². The van der Waals surface area contributed by atoms with Gasteiger partial charge in [-0.25, -0.2) is 0 Å². The second kappa shape index (κ2) is 7.71. The number of carbonyl (C=O) groups excluding carboxylic acids is 1. The zero-order valence-corrected chi connectivity index (χ0v) is 15.3. The number of anilines is 1. The molecule has 0 radical (unpaired) electrons. The van der Waals surface area contributed by atoms with Gasteiger partial charge in [0.15, 0.2) is 0 Å². The van der Waals surface area contributed by atoms with E-state index in [4.69, 9.17) is 4.74 Å². The summed E-state index contributed by atoms with van der Waals surface area (Å²) in [5, 5.41) is 0. The first kappa shape index (κ1) is 16.8. The van der Waals surface area contributed by atoms with Gasteiger partial charge in [0.05, 0.1) is 13.5 Å². The average Bonchev–Trinajstić information content (AvgIpc) is 2.62. The third-order valence-corrected chi connectivity index (χ3v) is 4.79. The number of methoxy groups -OCH3 is 1. The van der Waals surface area contributed by atoms with Crippen LogP contribution < -0.4 is 9.64 Å². The molecule has 0 aliphatic carbocycles. The Morgan fingerprint density at radius 1 is 1.08 bits per heavy atom. The van der Waals surface area contributed by atoms with E-state index in [1.165, 1.54) is 0 Å². The molecule has 0 unspecified atom stereocenters. The van der Waals surface area contributed by atoms with Crippen molar-refractivity contribution >= 4 is 27.5 Å². The van der Waals surface area contributed by atoms with E-state index in [2.05, 4.69) is 26.9 Å². The molecule has 126 valence electrons. The van der Waals surface area contributed by atoms with Gasteiger partial charge in [-0.3, -0.25) is 4.79 Å². The molecule has 0 aromatic heterocycles. The van der Waals surface area contributed by atoms with Crippen molar-refractivity contribution in [3.63, 3.8) is 0 Å². The normalized spacial score (nSPS) is 14.6. The molecule has 1 saturated heterocycles. The van der Waals surface area contributed by atoms with Gasteiger partial charge in [-0.05, 0) is 29.8 Å². The van der Waals surface area contributed by atoms with Crippen LogP contribution in [0.1, 0.15) is 5.56 Å². The van der Waals surface area contributed by atoms with Crippen LogP contribution in [0.3, 0.4) is 0 Å². The van der Waals surface area contributed by atoms with Crippen molar-refractivity contribution in [3.05, 3.63) is 58.6 Å². The van der Waals surface area contributed by atoms with E-state index >= 15 is 0 Å². The number of carbonyl (C=O) groups is 1. The molecule has 1 aliphatic heterocycles. The van der Waals surface area contributed by atoms with Crippen LogP contribution in [-0.2, 0) is 11.2 Å². The summed E-state index contributed by atoms with van der Waals surface area (Å²) in [6.45, 7) is 3.20. The highest BCUT2D eigenvalue weighted by atomic mass is 79.9. The maximum atomic E-state index is 12.5. The number of ether oxygens (including phenoxy) is 1. The maximum Gasteiger partial charge on any atom is 0.227 e. The van der Waals surface area contributed by atoms with Gasteiger partial charge in [-0.15, -0.1) is 0 Å². The van der Waals surface area contributed by atoms with Gasteiger partial charge in [0.1, 0.15) is 5.75 Å². The summed E-state index contributed by atoms with van der Waals surface area (Å²) < 4.78 is 6.30. The lowest BCUT2D eigenvalue weighted by atomic mass is 10.1. The van der Waals surface area contributed by atoms with Crippen LogP contribution in [0, 0.1) is 0 Å². The number of amides is 1. The minimum Gasteiger partial charge on any atom is -0.497 e. The Morgan fingerprint density at radius 2 is 1.83 bits per heavy atom. The van der Waals surface area contributed by atoms with Crippen molar-refractivity contribution in [2.45, 2.75) is 6.42 Å². The molecule has 1 aliphatic rings. The fraction of sp³-hybridized carbons (Fsp3) is 0.316. The summed E-state index contributed by atoms with van der Waals surface area (Å²) in [6.07, 6.45) is 0.457. The Kier molecular flexibility index (Phi) is 5.41. The minimum atomic E-state index is 0.193. The van der Waals surface area contributed by atoms with E-state index in [0.29, 0.717) is 6.42 Å². The molecule has 4 nitrogen and oxygen atoms in total. The van der Waals surface area contributed by atoms with E-state index in [-0.39, 0.29) is 5.91 Å². The Morgan fingerprint density at radius 3 is 2.54 bits per heavy atom. The van der Waals surface area contributed by atoms with Gasteiger partial charge >= 0.3 is 0 Å². The molecule has 1 fully saturated rings. The number of hydrogen-bond donors (Lipinski definition) is 0. The van der Waals surface area contributed by atoms with Gasteiger partial charge < -0.3 is 14.5 Å². The lowest BCUT2D eigenvalue weighted by Crippen LogP contribution is -2.49. The molecular formula is C19H21BrN2O2. The van der Waals surface area contributed by atoms with Gasteiger partial charge in [-0.1, -0.05) is 34.1 Å². The minimum absolute atomic E-state index is 0.193. The predicted octanol–water partition coefficient (Wildman–Crippen LogP) is 3.35. The molecule has 0 atom stereocenters. The second-order valence-corrected chi connectivity index (χ2v) is 6.79. The van der Waals surface area contributed by atoms with Gasteiger partial charge in [0.25, 0.3) is 0 Å².